The smallest absolute Gasteiger partial charge is 0.0346 e. The largest absolute Gasteiger partial charge is 0.264 e. The van der Waals surface area contributed by atoms with Crippen LogP contribution >= 0.6 is 11.3 Å². The molecule has 0 aliphatic rings. The molecule has 0 N–H and O–H groups in total. The zero-order chi connectivity index (χ0) is 10.5. The minimum Gasteiger partial charge on any atom is -0.264 e. The lowest BCUT2D eigenvalue weighted by atomic mass is 10.1. The Balaban J connectivity index is 2.42. The summed E-state index contributed by atoms with van der Waals surface area (Å²) >= 11 is 1.77. The Hall–Kier alpha value is -1.41. The summed E-state index contributed by atoms with van der Waals surface area (Å²) in [5.41, 5.74) is 2.49. The number of hydrogen-bond donors (Lipinski definition) is 0. The fourth-order valence-corrected chi connectivity index (χ4v) is 2.31. The minimum absolute atomic E-state index is 1.04. The molecule has 0 saturated carbocycles. The Bertz CT molecular complexity index is 429. The number of nitrogens with zero attached hydrogens (tertiary/aromatic N) is 1. The van der Waals surface area contributed by atoms with Crippen LogP contribution in [0.15, 0.2) is 48.1 Å². The van der Waals surface area contributed by atoms with Gasteiger partial charge in [0.25, 0.3) is 0 Å². The summed E-state index contributed by atoms with van der Waals surface area (Å²) in [5, 5.41) is 2.11. The second-order valence-electron chi connectivity index (χ2n) is 3.25. The number of allylic oxidation sites excluding steroid dienone is 1. The highest BCUT2D eigenvalue weighted by Gasteiger charge is 2.04. The first-order valence-electron chi connectivity index (χ1n) is 5.06. The summed E-state index contributed by atoms with van der Waals surface area (Å²) < 4.78 is 0. The van der Waals surface area contributed by atoms with E-state index in [-0.39, 0.29) is 0 Å². The van der Waals surface area contributed by atoms with Crippen LogP contribution in [0.25, 0.3) is 5.57 Å². The molecule has 2 heterocycles. The fraction of sp³-hybridized carbons (Fsp3) is 0.154. The standard InChI is InChI=1S/C13H13NS/c1-2-5-12(13-7-4-9-15-13)11-6-3-8-14-10-11/h3-10H,2H2,1H3/b12-5+. The monoisotopic (exact) mass is 215 g/mol. The first-order chi connectivity index (χ1) is 7.42. The van der Waals surface area contributed by atoms with Crippen molar-refractivity contribution in [2.75, 3.05) is 0 Å². The first kappa shape index (κ1) is 10.1. The lowest BCUT2D eigenvalue weighted by Gasteiger charge is -2.04. The zero-order valence-corrected chi connectivity index (χ0v) is 9.50. The van der Waals surface area contributed by atoms with E-state index in [4.69, 9.17) is 0 Å². The molecule has 0 aliphatic carbocycles. The van der Waals surface area contributed by atoms with Gasteiger partial charge < -0.3 is 0 Å². The van der Waals surface area contributed by atoms with E-state index in [1.165, 1.54) is 16.0 Å². The summed E-state index contributed by atoms with van der Waals surface area (Å²) in [4.78, 5) is 5.47. The number of pyridine rings is 1. The fourth-order valence-electron chi connectivity index (χ4n) is 1.52. The summed E-state index contributed by atoms with van der Waals surface area (Å²) in [6.45, 7) is 2.16. The van der Waals surface area contributed by atoms with Crippen LogP contribution in [0.2, 0.25) is 0 Å². The van der Waals surface area contributed by atoms with E-state index in [0.717, 1.165) is 6.42 Å². The molecule has 0 spiro atoms. The Morgan fingerprint density at radius 1 is 1.40 bits per heavy atom. The summed E-state index contributed by atoms with van der Waals surface area (Å²) in [5.74, 6) is 0. The highest BCUT2D eigenvalue weighted by Crippen LogP contribution is 2.26. The van der Waals surface area contributed by atoms with Gasteiger partial charge in [-0.1, -0.05) is 25.1 Å². The van der Waals surface area contributed by atoms with Gasteiger partial charge in [-0.2, -0.15) is 0 Å². The van der Waals surface area contributed by atoms with Crippen LogP contribution in [0, 0.1) is 0 Å². The van der Waals surface area contributed by atoms with Gasteiger partial charge in [-0.05, 0) is 29.5 Å². The molecule has 0 unspecified atom stereocenters. The second kappa shape index (κ2) is 4.89. The van der Waals surface area contributed by atoms with E-state index in [0.29, 0.717) is 0 Å². The van der Waals surface area contributed by atoms with Crippen LogP contribution in [0.1, 0.15) is 23.8 Å². The topological polar surface area (TPSA) is 12.9 Å². The molecule has 0 fully saturated rings. The SMILES string of the molecule is CC/C=C(\c1cccnc1)c1cccs1. The van der Waals surface area contributed by atoms with Gasteiger partial charge >= 0.3 is 0 Å². The zero-order valence-electron chi connectivity index (χ0n) is 8.68. The molecule has 0 saturated heterocycles. The lowest BCUT2D eigenvalue weighted by Crippen LogP contribution is -1.85. The molecule has 76 valence electrons. The number of rotatable bonds is 3. The molecular formula is C13H13NS. The Kier molecular flexibility index (Phi) is 3.30. The van der Waals surface area contributed by atoms with Gasteiger partial charge in [0.1, 0.15) is 0 Å². The number of thiophene rings is 1. The van der Waals surface area contributed by atoms with Gasteiger partial charge in [0, 0.05) is 22.8 Å². The molecule has 0 radical (unpaired) electrons. The first-order valence-corrected chi connectivity index (χ1v) is 5.94. The highest BCUT2D eigenvalue weighted by molar-refractivity contribution is 7.11. The van der Waals surface area contributed by atoms with Crippen molar-refractivity contribution in [3.63, 3.8) is 0 Å². The van der Waals surface area contributed by atoms with Crippen molar-refractivity contribution in [3.05, 3.63) is 58.6 Å². The lowest BCUT2D eigenvalue weighted by molar-refractivity contribution is 1.22. The van der Waals surface area contributed by atoms with Crippen molar-refractivity contribution in [2.45, 2.75) is 13.3 Å². The van der Waals surface area contributed by atoms with Crippen LogP contribution in [0.4, 0.5) is 0 Å². The molecule has 0 atom stereocenters. The van der Waals surface area contributed by atoms with E-state index in [1.54, 1.807) is 11.3 Å². The van der Waals surface area contributed by atoms with Crippen molar-refractivity contribution in [3.8, 4) is 0 Å². The van der Waals surface area contributed by atoms with E-state index in [2.05, 4.69) is 41.6 Å². The molecule has 2 aromatic heterocycles. The van der Waals surface area contributed by atoms with Crippen LogP contribution in [-0.4, -0.2) is 4.98 Å². The predicted octanol–water partition coefficient (Wildman–Crippen LogP) is 3.98. The highest BCUT2D eigenvalue weighted by atomic mass is 32.1. The minimum atomic E-state index is 1.04. The van der Waals surface area contributed by atoms with Crippen molar-refractivity contribution in [1.82, 2.24) is 4.98 Å². The maximum atomic E-state index is 4.16. The molecule has 2 aromatic rings. The van der Waals surface area contributed by atoms with Gasteiger partial charge in [-0.25, -0.2) is 0 Å². The Morgan fingerprint density at radius 2 is 2.33 bits per heavy atom. The summed E-state index contributed by atoms with van der Waals surface area (Å²) in [7, 11) is 0. The maximum absolute atomic E-state index is 4.16. The molecule has 2 rings (SSSR count). The van der Waals surface area contributed by atoms with Crippen LogP contribution in [-0.2, 0) is 0 Å². The average molecular weight is 215 g/mol. The number of aromatic nitrogens is 1. The quantitative estimate of drug-likeness (QED) is 0.754. The average Bonchev–Trinajstić information content (AvgIpc) is 2.80. The van der Waals surface area contributed by atoms with E-state index in [9.17, 15) is 0 Å². The molecule has 0 amide bonds. The van der Waals surface area contributed by atoms with Gasteiger partial charge in [0.05, 0.1) is 0 Å². The van der Waals surface area contributed by atoms with Crippen molar-refractivity contribution >= 4 is 16.9 Å². The van der Waals surface area contributed by atoms with Crippen LogP contribution in [0.3, 0.4) is 0 Å². The van der Waals surface area contributed by atoms with Crippen molar-refractivity contribution in [2.24, 2.45) is 0 Å². The molecule has 2 heteroatoms. The van der Waals surface area contributed by atoms with E-state index < -0.39 is 0 Å². The Morgan fingerprint density at radius 3 is 2.93 bits per heavy atom. The number of hydrogen-bond acceptors (Lipinski definition) is 2. The van der Waals surface area contributed by atoms with Gasteiger partial charge in [0.15, 0.2) is 0 Å². The third-order valence-electron chi connectivity index (χ3n) is 2.17. The Labute approximate surface area is 94.1 Å². The molecule has 0 aromatic carbocycles. The maximum Gasteiger partial charge on any atom is 0.0346 e. The molecule has 15 heavy (non-hydrogen) atoms. The third kappa shape index (κ3) is 2.34. The molecule has 0 bridgehead atoms. The normalized spacial score (nSPS) is 11.7. The molecular weight excluding hydrogens is 202 g/mol. The molecule has 1 nitrogen and oxygen atoms in total. The van der Waals surface area contributed by atoms with Crippen LogP contribution < -0.4 is 0 Å². The second-order valence-corrected chi connectivity index (χ2v) is 4.19. The van der Waals surface area contributed by atoms with E-state index in [1.807, 2.05) is 18.5 Å². The summed E-state index contributed by atoms with van der Waals surface area (Å²) in [6, 6.07) is 8.32. The third-order valence-corrected chi connectivity index (χ3v) is 3.07. The molecule has 0 aliphatic heterocycles. The van der Waals surface area contributed by atoms with Gasteiger partial charge in [-0.15, -0.1) is 11.3 Å². The van der Waals surface area contributed by atoms with Crippen LogP contribution in [0.5, 0.6) is 0 Å². The predicted molar refractivity (Wildman–Crippen MR) is 65.9 cm³/mol. The van der Waals surface area contributed by atoms with Gasteiger partial charge in [0.2, 0.25) is 0 Å². The summed E-state index contributed by atoms with van der Waals surface area (Å²) in [6.07, 6.45) is 7.02. The van der Waals surface area contributed by atoms with Gasteiger partial charge in [-0.3, -0.25) is 4.98 Å². The van der Waals surface area contributed by atoms with Crippen molar-refractivity contribution < 1.29 is 0 Å². The van der Waals surface area contributed by atoms with Crippen molar-refractivity contribution in [1.29, 1.82) is 0 Å². The van der Waals surface area contributed by atoms with E-state index >= 15 is 0 Å².